The van der Waals surface area contributed by atoms with Gasteiger partial charge in [0.05, 0.1) is 6.61 Å². The highest BCUT2D eigenvalue weighted by atomic mass is 16.5. The summed E-state index contributed by atoms with van der Waals surface area (Å²) in [7, 11) is 1.84. The van der Waals surface area contributed by atoms with E-state index >= 15 is 0 Å². The lowest BCUT2D eigenvalue weighted by Crippen LogP contribution is -2.67. The van der Waals surface area contributed by atoms with Crippen molar-refractivity contribution in [3.8, 4) is 0 Å². The number of piperazine rings is 1. The third-order valence-corrected chi connectivity index (χ3v) is 5.48. The van der Waals surface area contributed by atoms with Gasteiger partial charge in [-0.3, -0.25) is 4.90 Å². The smallest absolute Gasteiger partial charge is 0.0620 e. The van der Waals surface area contributed by atoms with Crippen molar-refractivity contribution in [2.45, 2.75) is 76.9 Å². The van der Waals surface area contributed by atoms with Crippen molar-refractivity contribution >= 4 is 0 Å². The topological polar surface area (TPSA) is 24.5 Å². The number of nitrogens with one attached hydrogen (secondary N) is 1. The fourth-order valence-electron chi connectivity index (χ4n) is 4.16. The molecule has 0 amide bonds. The van der Waals surface area contributed by atoms with Crippen LogP contribution in [-0.2, 0) is 4.74 Å². The van der Waals surface area contributed by atoms with Crippen LogP contribution in [0.2, 0.25) is 0 Å². The summed E-state index contributed by atoms with van der Waals surface area (Å²) in [5, 5.41) is 3.92. The average Bonchev–Trinajstić information content (AvgIpc) is 2.45. The van der Waals surface area contributed by atoms with Crippen LogP contribution in [0, 0.1) is 5.92 Å². The minimum atomic E-state index is 0.394. The largest absolute Gasteiger partial charge is 0.383 e. The molecule has 2 fully saturated rings. The molecule has 0 radical (unpaired) electrons. The maximum Gasteiger partial charge on any atom is 0.0620 e. The Hall–Kier alpha value is -0.120. The Morgan fingerprint density at radius 2 is 1.95 bits per heavy atom. The Bertz CT molecular complexity index is 287. The lowest BCUT2D eigenvalue weighted by Gasteiger charge is -2.52. The van der Waals surface area contributed by atoms with Gasteiger partial charge < -0.3 is 10.1 Å². The molecule has 1 spiro atoms. The van der Waals surface area contributed by atoms with Gasteiger partial charge in [-0.25, -0.2) is 0 Å². The molecule has 2 atom stereocenters. The normalized spacial score (nSPS) is 28.9. The van der Waals surface area contributed by atoms with Crippen LogP contribution in [0.5, 0.6) is 0 Å². The third-order valence-electron chi connectivity index (χ3n) is 5.48. The van der Waals surface area contributed by atoms with E-state index in [-0.39, 0.29) is 0 Å². The van der Waals surface area contributed by atoms with Crippen LogP contribution >= 0.6 is 0 Å². The molecule has 2 unspecified atom stereocenters. The molecule has 1 saturated heterocycles. The summed E-state index contributed by atoms with van der Waals surface area (Å²) in [6.45, 7) is 10.2. The predicted octanol–water partition coefficient (Wildman–Crippen LogP) is 3.04. The molecule has 1 heterocycles. The number of ether oxygens (including phenoxy) is 1. The van der Waals surface area contributed by atoms with Gasteiger partial charge in [-0.15, -0.1) is 0 Å². The van der Waals surface area contributed by atoms with Crippen molar-refractivity contribution in [1.82, 2.24) is 10.2 Å². The quantitative estimate of drug-likeness (QED) is 0.839. The van der Waals surface area contributed by atoms with Gasteiger partial charge in [-0.05, 0) is 25.2 Å². The molecule has 2 aliphatic rings. The maximum absolute atomic E-state index is 5.53. The van der Waals surface area contributed by atoms with Crippen molar-refractivity contribution in [2.75, 3.05) is 26.8 Å². The van der Waals surface area contributed by atoms with Crippen molar-refractivity contribution in [2.24, 2.45) is 5.92 Å². The molecule has 0 aromatic heterocycles. The molecule has 1 aliphatic carbocycles. The standard InChI is InChI=1S/C17H34N2O/c1-5-15-11-18-17(9-7-6-8-10-17)13-19(15)16(12-20-4)14(2)3/h14-16,18H,5-13H2,1-4H3. The number of hydrogen-bond acceptors (Lipinski definition) is 3. The monoisotopic (exact) mass is 282 g/mol. The Balaban J connectivity index is 2.12. The second kappa shape index (κ2) is 7.24. The Labute approximate surface area is 125 Å². The summed E-state index contributed by atoms with van der Waals surface area (Å²) in [4.78, 5) is 2.77. The van der Waals surface area contributed by atoms with E-state index < -0.39 is 0 Å². The first-order valence-corrected chi connectivity index (χ1v) is 8.61. The summed E-state index contributed by atoms with van der Waals surface area (Å²) in [5.74, 6) is 0.655. The maximum atomic E-state index is 5.53. The van der Waals surface area contributed by atoms with E-state index in [1.54, 1.807) is 0 Å². The lowest BCUT2D eigenvalue weighted by atomic mass is 9.78. The van der Waals surface area contributed by atoms with E-state index in [1.165, 1.54) is 45.1 Å². The molecule has 3 heteroatoms. The molecular formula is C17H34N2O. The summed E-state index contributed by atoms with van der Waals surface area (Å²) in [6.07, 6.45) is 8.17. The molecule has 1 N–H and O–H groups in total. The van der Waals surface area contributed by atoms with E-state index in [9.17, 15) is 0 Å². The molecule has 1 saturated carbocycles. The summed E-state index contributed by atoms with van der Waals surface area (Å²) >= 11 is 0. The van der Waals surface area contributed by atoms with E-state index in [0.717, 1.165) is 13.2 Å². The second-order valence-corrected chi connectivity index (χ2v) is 7.22. The molecular weight excluding hydrogens is 248 g/mol. The van der Waals surface area contributed by atoms with Crippen LogP contribution in [-0.4, -0.2) is 49.3 Å². The van der Waals surface area contributed by atoms with Crippen LogP contribution in [0.3, 0.4) is 0 Å². The fourth-order valence-corrected chi connectivity index (χ4v) is 4.16. The van der Waals surface area contributed by atoms with Gasteiger partial charge in [0.25, 0.3) is 0 Å². The van der Waals surface area contributed by atoms with Crippen molar-refractivity contribution in [3.05, 3.63) is 0 Å². The minimum absolute atomic E-state index is 0.394. The SMILES string of the molecule is CCC1CNC2(CCCCC2)CN1C(COC)C(C)C. The Morgan fingerprint density at radius 3 is 2.50 bits per heavy atom. The summed E-state index contributed by atoms with van der Waals surface area (Å²) in [5.41, 5.74) is 0.394. The number of rotatable bonds is 5. The van der Waals surface area contributed by atoms with E-state index in [2.05, 4.69) is 31.0 Å². The molecule has 2 rings (SSSR count). The molecule has 0 bridgehead atoms. The lowest BCUT2D eigenvalue weighted by molar-refractivity contribution is -0.0203. The second-order valence-electron chi connectivity index (χ2n) is 7.22. The first-order chi connectivity index (χ1) is 9.62. The highest BCUT2D eigenvalue weighted by Gasteiger charge is 2.42. The zero-order valence-electron chi connectivity index (χ0n) is 14.0. The summed E-state index contributed by atoms with van der Waals surface area (Å²) in [6, 6.07) is 1.23. The van der Waals surface area contributed by atoms with E-state index in [4.69, 9.17) is 4.74 Å². The highest BCUT2D eigenvalue weighted by Crippen LogP contribution is 2.34. The Kier molecular flexibility index (Phi) is 5.88. The van der Waals surface area contributed by atoms with Crippen LogP contribution in [0.15, 0.2) is 0 Å². The molecule has 3 nitrogen and oxygen atoms in total. The summed E-state index contributed by atoms with van der Waals surface area (Å²) < 4.78 is 5.53. The third kappa shape index (κ3) is 3.55. The van der Waals surface area contributed by atoms with Crippen molar-refractivity contribution in [1.29, 1.82) is 0 Å². The number of nitrogens with zero attached hydrogens (tertiary/aromatic N) is 1. The number of methoxy groups -OCH3 is 1. The average molecular weight is 282 g/mol. The van der Waals surface area contributed by atoms with Gasteiger partial charge in [-0.2, -0.15) is 0 Å². The minimum Gasteiger partial charge on any atom is -0.383 e. The molecule has 20 heavy (non-hydrogen) atoms. The fraction of sp³-hybridized carbons (Fsp3) is 1.00. The van der Waals surface area contributed by atoms with Crippen LogP contribution in [0.4, 0.5) is 0 Å². The molecule has 0 aromatic carbocycles. The van der Waals surface area contributed by atoms with Crippen LogP contribution < -0.4 is 5.32 Å². The first kappa shape index (κ1) is 16.3. The zero-order chi connectivity index (χ0) is 14.6. The van der Waals surface area contributed by atoms with Crippen LogP contribution in [0.25, 0.3) is 0 Å². The Morgan fingerprint density at radius 1 is 1.25 bits per heavy atom. The van der Waals surface area contributed by atoms with Gasteiger partial charge in [-0.1, -0.05) is 40.0 Å². The van der Waals surface area contributed by atoms with Gasteiger partial charge >= 0.3 is 0 Å². The van der Waals surface area contributed by atoms with Gasteiger partial charge in [0.2, 0.25) is 0 Å². The van der Waals surface area contributed by atoms with Crippen LogP contribution in [0.1, 0.15) is 59.3 Å². The number of hydrogen-bond donors (Lipinski definition) is 1. The van der Waals surface area contributed by atoms with Crippen molar-refractivity contribution in [3.63, 3.8) is 0 Å². The van der Waals surface area contributed by atoms with Crippen molar-refractivity contribution < 1.29 is 4.74 Å². The highest BCUT2D eigenvalue weighted by molar-refractivity contribution is 5.01. The van der Waals surface area contributed by atoms with Gasteiger partial charge in [0, 0.05) is 37.8 Å². The molecule has 118 valence electrons. The van der Waals surface area contributed by atoms with E-state index in [0.29, 0.717) is 23.5 Å². The molecule has 1 aliphatic heterocycles. The first-order valence-electron chi connectivity index (χ1n) is 8.61. The van der Waals surface area contributed by atoms with E-state index in [1.807, 2.05) is 7.11 Å². The van der Waals surface area contributed by atoms with Gasteiger partial charge in [0.15, 0.2) is 0 Å². The molecule has 0 aromatic rings. The predicted molar refractivity (Wildman–Crippen MR) is 85.1 cm³/mol. The zero-order valence-corrected chi connectivity index (χ0v) is 14.0. The van der Waals surface area contributed by atoms with Gasteiger partial charge in [0.1, 0.15) is 0 Å².